The average molecular weight is 369 g/mol. The van der Waals surface area contributed by atoms with Crippen molar-refractivity contribution in [2.75, 3.05) is 5.32 Å². The number of hydrogen-bond acceptors (Lipinski definition) is 4. The van der Waals surface area contributed by atoms with Crippen LogP contribution in [0.3, 0.4) is 0 Å². The fraction of sp³-hybridized carbons (Fsp3) is 0.471. The van der Waals surface area contributed by atoms with Gasteiger partial charge >= 0.3 is 0 Å². The molecule has 130 valence electrons. The third-order valence-electron chi connectivity index (χ3n) is 4.98. The summed E-state index contributed by atoms with van der Waals surface area (Å²) in [5.74, 6) is 0.728. The Bertz CT molecular complexity index is 693. The minimum Gasteiger partial charge on any atom is -0.324 e. The van der Waals surface area contributed by atoms with Crippen LogP contribution >= 0.6 is 24.8 Å². The smallest absolute Gasteiger partial charge is 0.241 e. The van der Waals surface area contributed by atoms with Crippen molar-refractivity contribution in [3.8, 4) is 0 Å². The largest absolute Gasteiger partial charge is 0.324 e. The van der Waals surface area contributed by atoms with Gasteiger partial charge in [-0.05, 0) is 37.3 Å². The monoisotopic (exact) mass is 368 g/mol. The molecule has 1 aliphatic carbocycles. The van der Waals surface area contributed by atoms with Gasteiger partial charge in [-0.3, -0.25) is 14.8 Å². The molecule has 4 rings (SSSR count). The van der Waals surface area contributed by atoms with Crippen LogP contribution in [0, 0.1) is 5.92 Å². The molecule has 1 aliphatic heterocycles. The van der Waals surface area contributed by atoms with E-state index in [2.05, 4.69) is 20.6 Å². The van der Waals surface area contributed by atoms with Crippen molar-refractivity contribution < 1.29 is 4.79 Å². The minimum atomic E-state index is -0.0759. The second kappa shape index (κ2) is 8.10. The molecule has 3 unspecified atom stereocenters. The molecule has 5 nitrogen and oxygen atoms in total. The highest BCUT2D eigenvalue weighted by molar-refractivity contribution is 6.02. The Hall–Kier alpha value is -1.43. The van der Waals surface area contributed by atoms with Crippen molar-refractivity contribution >= 4 is 47.3 Å². The van der Waals surface area contributed by atoms with E-state index in [0.29, 0.717) is 12.0 Å². The highest BCUT2D eigenvalue weighted by atomic mass is 35.5. The van der Waals surface area contributed by atoms with E-state index in [-0.39, 0.29) is 36.8 Å². The normalized spacial score (nSPS) is 25.2. The van der Waals surface area contributed by atoms with E-state index < -0.39 is 0 Å². The van der Waals surface area contributed by atoms with Crippen LogP contribution in [-0.4, -0.2) is 28.0 Å². The SMILES string of the molecule is Cl.Cl.O=C(Nc1ccnc2ccncc12)C1CC2CCCCC2N1. The summed E-state index contributed by atoms with van der Waals surface area (Å²) in [5.41, 5.74) is 1.64. The van der Waals surface area contributed by atoms with Crippen LogP contribution in [0.25, 0.3) is 10.9 Å². The van der Waals surface area contributed by atoms with Crippen LogP contribution in [0.1, 0.15) is 32.1 Å². The molecule has 0 radical (unpaired) electrons. The third-order valence-corrected chi connectivity index (χ3v) is 4.98. The molecule has 3 atom stereocenters. The first kappa shape index (κ1) is 18.9. The number of anilines is 1. The summed E-state index contributed by atoms with van der Waals surface area (Å²) in [7, 11) is 0. The number of rotatable bonds is 2. The standard InChI is InChI=1S/C17H20N4O.2ClH/c22-17(16-9-11-3-1-2-4-13(11)20-16)21-15-6-8-19-14-5-7-18-10-12(14)15;;/h5-8,10-11,13,16,20H,1-4,9H2,(H,19,21,22);2*1H. The summed E-state index contributed by atoms with van der Waals surface area (Å²) in [5, 5.41) is 7.46. The molecule has 0 aromatic carbocycles. The highest BCUT2D eigenvalue weighted by Crippen LogP contribution is 2.33. The van der Waals surface area contributed by atoms with Gasteiger partial charge in [-0.25, -0.2) is 0 Å². The molecule has 1 amide bonds. The number of nitrogens with zero attached hydrogens (tertiary/aromatic N) is 2. The topological polar surface area (TPSA) is 66.9 Å². The minimum absolute atomic E-state index is 0. The molecule has 0 bridgehead atoms. The van der Waals surface area contributed by atoms with Gasteiger partial charge < -0.3 is 10.6 Å². The molecular weight excluding hydrogens is 347 g/mol. The molecule has 1 saturated carbocycles. The number of halogens is 2. The van der Waals surface area contributed by atoms with E-state index in [9.17, 15) is 4.79 Å². The third kappa shape index (κ3) is 3.63. The van der Waals surface area contributed by atoms with Crippen molar-refractivity contribution in [1.82, 2.24) is 15.3 Å². The average Bonchev–Trinajstić information content (AvgIpc) is 2.99. The van der Waals surface area contributed by atoms with E-state index in [1.807, 2.05) is 12.1 Å². The molecule has 1 saturated heterocycles. The Labute approximate surface area is 153 Å². The summed E-state index contributed by atoms with van der Waals surface area (Å²) < 4.78 is 0. The van der Waals surface area contributed by atoms with Crippen LogP contribution < -0.4 is 10.6 Å². The van der Waals surface area contributed by atoms with Gasteiger partial charge in [0.05, 0.1) is 17.2 Å². The number of pyridine rings is 2. The number of nitrogens with one attached hydrogen (secondary N) is 2. The quantitative estimate of drug-likeness (QED) is 0.852. The summed E-state index contributed by atoms with van der Waals surface area (Å²) in [6, 6.07) is 4.14. The fourth-order valence-electron chi connectivity index (χ4n) is 3.84. The van der Waals surface area contributed by atoms with Crippen molar-refractivity contribution in [3.05, 3.63) is 30.7 Å². The summed E-state index contributed by atoms with van der Waals surface area (Å²) >= 11 is 0. The number of carbonyl (C=O) groups is 1. The predicted molar refractivity (Wildman–Crippen MR) is 100.0 cm³/mol. The zero-order valence-corrected chi connectivity index (χ0v) is 14.9. The second-order valence-electron chi connectivity index (χ2n) is 6.35. The molecule has 2 aromatic rings. The van der Waals surface area contributed by atoms with Crippen LogP contribution in [0.15, 0.2) is 30.7 Å². The van der Waals surface area contributed by atoms with E-state index in [0.717, 1.165) is 23.0 Å². The van der Waals surface area contributed by atoms with Crippen molar-refractivity contribution in [2.24, 2.45) is 5.92 Å². The summed E-state index contributed by atoms with van der Waals surface area (Å²) in [4.78, 5) is 21.0. The van der Waals surface area contributed by atoms with E-state index in [4.69, 9.17) is 0 Å². The molecule has 3 heterocycles. The zero-order chi connectivity index (χ0) is 14.9. The number of amides is 1. The van der Waals surface area contributed by atoms with Gasteiger partial charge in [0.1, 0.15) is 0 Å². The van der Waals surface area contributed by atoms with Gasteiger partial charge in [0, 0.05) is 30.0 Å². The van der Waals surface area contributed by atoms with E-state index >= 15 is 0 Å². The number of hydrogen-bond donors (Lipinski definition) is 2. The van der Waals surface area contributed by atoms with Gasteiger partial charge in [0.25, 0.3) is 0 Å². The van der Waals surface area contributed by atoms with Gasteiger partial charge in [-0.2, -0.15) is 0 Å². The molecule has 2 N–H and O–H groups in total. The Morgan fingerprint density at radius 1 is 1.17 bits per heavy atom. The summed E-state index contributed by atoms with van der Waals surface area (Å²) in [6.07, 6.45) is 11.2. The maximum absolute atomic E-state index is 12.6. The zero-order valence-electron chi connectivity index (χ0n) is 13.3. The lowest BCUT2D eigenvalue weighted by Crippen LogP contribution is -2.39. The van der Waals surface area contributed by atoms with Crippen molar-refractivity contribution in [2.45, 2.75) is 44.2 Å². The number of fused-ring (bicyclic) bond motifs is 2. The van der Waals surface area contributed by atoms with Crippen molar-refractivity contribution in [3.63, 3.8) is 0 Å². The van der Waals surface area contributed by atoms with Crippen LogP contribution in [0.4, 0.5) is 5.69 Å². The molecule has 2 aromatic heterocycles. The van der Waals surface area contributed by atoms with E-state index in [1.54, 1.807) is 18.6 Å². The van der Waals surface area contributed by atoms with E-state index in [1.165, 1.54) is 25.7 Å². The van der Waals surface area contributed by atoms with Crippen LogP contribution in [-0.2, 0) is 4.79 Å². The second-order valence-corrected chi connectivity index (χ2v) is 6.35. The maximum Gasteiger partial charge on any atom is 0.241 e. The Morgan fingerprint density at radius 3 is 2.83 bits per heavy atom. The lowest BCUT2D eigenvalue weighted by Gasteiger charge is -2.24. The molecule has 0 spiro atoms. The van der Waals surface area contributed by atoms with Gasteiger partial charge in [0.15, 0.2) is 0 Å². The first-order chi connectivity index (χ1) is 10.8. The Balaban J connectivity index is 0.00000104. The van der Waals surface area contributed by atoms with Gasteiger partial charge in [-0.1, -0.05) is 12.8 Å². The first-order valence-electron chi connectivity index (χ1n) is 8.07. The number of aromatic nitrogens is 2. The summed E-state index contributed by atoms with van der Waals surface area (Å²) in [6.45, 7) is 0. The molecule has 7 heteroatoms. The lowest BCUT2D eigenvalue weighted by atomic mass is 9.85. The molecule has 24 heavy (non-hydrogen) atoms. The van der Waals surface area contributed by atoms with Gasteiger partial charge in [0.2, 0.25) is 5.91 Å². The van der Waals surface area contributed by atoms with Crippen LogP contribution in [0.2, 0.25) is 0 Å². The van der Waals surface area contributed by atoms with Gasteiger partial charge in [-0.15, -0.1) is 24.8 Å². The lowest BCUT2D eigenvalue weighted by molar-refractivity contribution is -0.117. The number of carbonyl (C=O) groups excluding carboxylic acids is 1. The maximum atomic E-state index is 12.6. The Kier molecular flexibility index (Phi) is 6.38. The Morgan fingerprint density at radius 2 is 2.00 bits per heavy atom. The fourth-order valence-corrected chi connectivity index (χ4v) is 3.84. The molecule has 2 fully saturated rings. The highest BCUT2D eigenvalue weighted by Gasteiger charge is 2.38. The van der Waals surface area contributed by atoms with Crippen LogP contribution in [0.5, 0.6) is 0 Å². The predicted octanol–water partition coefficient (Wildman–Crippen LogP) is 3.33. The first-order valence-corrected chi connectivity index (χ1v) is 8.07. The molecule has 2 aliphatic rings. The van der Waals surface area contributed by atoms with Crippen molar-refractivity contribution in [1.29, 1.82) is 0 Å². The molecular formula is C17H22Cl2N4O.